The van der Waals surface area contributed by atoms with Gasteiger partial charge >= 0.3 is 0 Å². The summed E-state index contributed by atoms with van der Waals surface area (Å²) in [7, 11) is 0. The molecule has 2 heterocycles. The van der Waals surface area contributed by atoms with Crippen LogP contribution in [0.1, 0.15) is 4.88 Å². The van der Waals surface area contributed by atoms with E-state index in [1.807, 2.05) is 48.5 Å². The first-order valence-corrected chi connectivity index (χ1v) is 8.41. The third-order valence-corrected chi connectivity index (χ3v) is 5.04. The molecular weight excluding hydrogens is 326 g/mol. The van der Waals surface area contributed by atoms with Crippen molar-refractivity contribution in [1.82, 2.24) is 9.38 Å². The Balaban J connectivity index is 1.87. The number of hydrogen-bond donors (Lipinski definition) is 1. The summed E-state index contributed by atoms with van der Waals surface area (Å²) >= 11 is 7.69. The second kappa shape index (κ2) is 5.41. The number of hydrogen-bond acceptors (Lipinski definition) is 3. The van der Waals surface area contributed by atoms with Gasteiger partial charge in [0.15, 0.2) is 4.96 Å². The molecule has 0 saturated carbocycles. The lowest BCUT2D eigenvalue weighted by molar-refractivity contribution is 1.22. The molecule has 0 unspecified atom stereocenters. The molecule has 3 nitrogen and oxygen atoms in total. The van der Waals surface area contributed by atoms with Crippen LogP contribution in [0.2, 0.25) is 5.02 Å². The number of thiazole rings is 1. The van der Waals surface area contributed by atoms with Crippen LogP contribution in [0.3, 0.4) is 0 Å². The molecule has 0 radical (unpaired) electrons. The van der Waals surface area contributed by atoms with E-state index < -0.39 is 0 Å². The van der Waals surface area contributed by atoms with Gasteiger partial charge in [0.2, 0.25) is 0 Å². The van der Waals surface area contributed by atoms with Gasteiger partial charge in [0.25, 0.3) is 0 Å². The number of nitrogen functional groups attached to an aromatic ring is 1. The highest BCUT2D eigenvalue weighted by atomic mass is 35.5. The van der Waals surface area contributed by atoms with Crippen molar-refractivity contribution in [2.24, 2.45) is 0 Å². The summed E-state index contributed by atoms with van der Waals surface area (Å²) < 4.78 is 2.15. The third-order valence-electron chi connectivity index (χ3n) is 3.82. The van der Waals surface area contributed by atoms with Crippen LogP contribution in [0.25, 0.3) is 27.5 Å². The lowest BCUT2D eigenvalue weighted by Crippen LogP contribution is -1.86. The molecule has 0 aliphatic rings. The van der Waals surface area contributed by atoms with Gasteiger partial charge in [-0.15, -0.1) is 11.3 Å². The van der Waals surface area contributed by atoms with Gasteiger partial charge in [0.05, 0.1) is 11.4 Å². The standard InChI is InChI=1S/C18H14ClN3S/c1-11-17(13-2-6-14(19)7-3-13)22-10-16(21-18(22)23-11)12-4-8-15(20)9-5-12/h2-10H,20H2,1H3. The minimum atomic E-state index is 0.742. The Morgan fingerprint density at radius 2 is 1.65 bits per heavy atom. The van der Waals surface area contributed by atoms with E-state index in [1.165, 1.54) is 4.88 Å². The van der Waals surface area contributed by atoms with Gasteiger partial charge in [-0.1, -0.05) is 35.9 Å². The molecule has 0 aliphatic carbocycles. The first kappa shape index (κ1) is 14.3. The van der Waals surface area contributed by atoms with Gasteiger partial charge in [-0.05, 0) is 36.8 Å². The molecule has 4 aromatic rings. The highest BCUT2D eigenvalue weighted by molar-refractivity contribution is 7.17. The Hall–Kier alpha value is -2.30. The zero-order valence-electron chi connectivity index (χ0n) is 12.5. The maximum atomic E-state index is 6.00. The number of nitrogens with zero attached hydrogens (tertiary/aromatic N) is 2. The fraction of sp³-hybridized carbons (Fsp3) is 0.0556. The summed E-state index contributed by atoms with van der Waals surface area (Å²) in [5.41, 5.74) is 10.8. The maximum absolute atomic E-state index is 6.00. The predicted octanol–water partition coefficient (Wildman–Crippen LogP) is 5.27. The van der Waals surface area contributed by atoms with Crippen LogP contribution in [0.5, 0.6) is 0 Å². The van der Waals surface area contributed by atoms with Crippen molar-refractivity contribution in [3.63, 3.8) is 0 Å². The Morgan fingerprint density at radius 3 is 2.35 bits per heavy atom. The summed E-state index contributed by atoms with van der Waals surface area (Å²) in [6.45, 7) is 2.12. The molecule has 0 fully saturated rings. The van der Waals surface area contributed by atoms with E-state index >= 15 is 0 Å². The lowest BCUT2D eigenvalue weighted by atomic mass is 10.1. The second-order valence-electron chi connectivity index (χ2n) is 5.41. The van der Waals surface area contributed by atoms with Crippen LogP contribution in [0, 0.1) is 6.92 Å². The summed E-state index contributed by atoms with van der Waals surface area (Å²) in [4.78, 5) is 6.97. The Bertz CT molecular complexity index is 982. The average molecular weight is 340 g/mol. The molecular formula is C18H14ClN3S. The predicted molar refractivity (Wildman–Crippen MR) is 98.1 cm³/mol. The second-order valence-corrected chi connectivity index (χ2v) is 7.03. The highest BCUT2D eigenvalue weighted by Crippen LogP contribution is 2.33. The van der Waals surface area contributed by atoms with Crippen molar-refractivity contribution >= 4 is 33.6 Å². The maximum Gasteiger partial charge on any atom is 0.194 e. The number of rotatable bonds is 2. The normalized spacial score (nSPS) is 11.2. The first-order valence-electron chi connectivity index (χ1n) is 7.22. The van der Waals surface area contributed by atoms with E-state index in [4.69, 9.17) is 22.3 Å². The van der Waals surface area contributed by atoms with Crippen molar-refractivity contribution in [3.8, 4) is 22.5 Å². The molecule has 0 spiro atoms. The van der Waals surface area contributed by atoms with E-state index in [0.717, 1.165) is 38.2 Å². The number of halogens is 1. The summed E-state index contributed by atoms with van der Waals surface area (Å²) in [6.07, 6.45) is 2.08. The van der Waals surface area contributed by atoms with Gasteiger partial charge in [-0.25, -0.2) is 4.98 Å². The molecule has 4 rings (SSSR count). The highest BCUT2D eigenvalue weighted by Gasteiger charge is 2.14. The van der Waals surface area contributed by atoms with E-state index in [-0.39, 0.29) is 0 Å². The zero-order valence-corrected chi connectivity index (χ0v) is 14.0. The first-order chi connectivity index (χ1) is 11.1. The van der Waals surface area contributed by atoms with Crippen molar-refractivity contribution in [2.45, 2.75) is 6.92 Å². The number of aromatic nitrogens is 2. The summed E-state index contributed by atoms with van der Waals surface area (Å²) in [5.74, 6) is 0. The summed E-state index contributed by atoms with van der Waals surface area (Å²) in [5, 5.41) is 0.742. The van der Waals surface area contributed by atoms with Crippen LogP contribution in [0.4, 0.5) is 5.69 Å². The molecule has 114 valence electrons. The van der Waals surface area contributed by atoms with E-state index in [2.05, 4.69) is 17.5 Å². The van der Waals surface area contributed by atoms with Crippen molar-refractivity contribution in [1.29, 1.82) is 0 Å². The molecule has 2 aromatic heterocycles. The Kier molecular flexibility index (Phi) is 3.36. The third kappa shape index (κ3) is 2.50. The van der Waals surface area contributed by atoms with Gasteiger partial charge < -0.3 is 5.73 Å². The van der Waals surface area contributed by atoms with Crippen molar-refractivity contribution in [2.75, 3.05) is 5.73 Å². The topological polar surface area (TPSA) is 43.3 Å². The number of imidazole rings is 1. The molecule has 0 saturated heterocycles. The number of nitrogens with two attached hydrogens (primary N) is 1. The molecule has 2 N–H and O–H groups in total. The van der Waals surface area contributed by atoms with Crippen LogP contribution >= 0.6 is 22.9 Å². The number of aryl methyl sites for hydroxylation is 1. The van der Waals surface area contributed by atoms with E-state index in [1.54, 1.807) is 11.3 Å². The lowest BCUT2D eigenvalue weighted by Gasteiger charge is -2.02. The Morgan fingerprint density at radius 1 is 1.00 bits per heavy atom. The smallest absolute Gasteiger partial charge is 0.194 e. The van der Waals surface area contributed by atoms with Crippen LogP contribution in [0.15, 0.2) is 54.7 Å². The minimum absolute atomic E-state index is 0.742. The molecule has 2 aromatic carbocycles. The monoisotopic (exact) mass is 339 g/mol. The Labute approximate surface area is 143 Å². The van der Waals surface area contributed by atoms with E-state index in [0.29, 0.717) is 0 Å². The average Bonchev–Trinajstić information content (AvgIpc) is 3.06. The SMILES string of the molecule is Cc1sc2nc(-c3ccc(N)cc3)cn2c1-c1ccc(Cl)cc1. The van der Waals surface area contributed by atoms with Crippen LogP contribution < -0.4 is 5.73 Å². The van der Waals surface area contributed by atoms with Gasteiger partial charge in [0.1, 0.15) is 0 Å². The minimum Gasteiger partial charge on any atom is -0.399 e. The molecule has 0 amide bonds. The van der Waals surface area contributed by atoms with Gasteiger partial charge in [0, 0.05) is 27.3 Å². The van der Waals surface area contributed by atoms with Crippen molar-refractivity contribution in [3.05, 3.63) is 64.6 Å². The number of anilines is 1. The molecule has 0 bridgehead atoms. The van der Waals surface area contributed by atoms with Crippen LogP contribution in [-0.4, -0.2) is 9.38 Å². The van der Waals surface area contributed by atoms with Crippen LogP contribution in [-0.2, 0) is 0 Å². The number of fused-ring (bicyclic) bond motifs is 1. The molecule has 23 heavy (non-hydrogen) atoms. The zero-order chi connectivity index (χ0) is 16.0. The number of benzene rings is 2. The van der Waals surface area contributed by atoms with Gasteiger partial charge in [-0.3, -0.25) is 4.40 Å². The van der Waals surface area contributed by atoms with E-state index in [9.17, 15) is 0 Å². The summed E-state index contributed by atoms with van der Waals surface area (Å²) in [6, 6.07) is 15.7. The fourth-order valence-corrected chi connectivity index (χ4v) is 3.79. The largest absolute Gasteiger partial charge is 0.399 e. The molecule has 0 atom stereocenters. The molecule has 5 heteroatoms. The molecule has 0 aliphatic heterocycles. The quantitative estimate of drug-likeness (QED) is 0.505. The fourth-order valence-electron chi connectivity index (χ4n) is 2.69. The van der Waals surface area contributed by atoms with Gasteiger partial charge in [-0.2, -0.15) is 0 Å². The van der Waals surface area contributed by atoms with Crippen molar-refractivity contribution < 1.29 is 0 Å².